The molecule has 216 valence electrons. The van der Waals surface area contributed by atoms with Crippen molar-refractivity contribution in [1.29, 1.82) is 0 Å². The molecule has 2 heterocycles. The molecule has 0 aliphatic rings. The smallest absolute Gasteiger partial charge is 0.327 e. The number of imidazole rings is 1. The second-order valence-corrected chi connectivity index (χ2v) is 9.81. The number of rotatable bonds is 16. The Bertz CT molecular complexity index is 1280. The molecule has 14 heteroatoms. The first-order valence-electron chi connectivity index (χ1n) is 13.0. The maximum absolute atomic E-state index is 13.6. The molecule has 3 aromatic rings. The monoisotopic (exact) mass is 572 g/mol. The maximum atomic E-state index is 13.6. The Hall–Kier alpha value is -3.88. The van der Waals surface area contributed by atoms with Crippen LogP contribution in [0.2, 0.25) is 0 Å². The summed E-state index contributed by atoms with van der Waals surface area (Å²) in [5, 5.41) is 18.0. The van der Waals surface area contributed by atoms with Crippen LogP contribution in [-0.4, -0.2) is 80.2 Å². The fourth-order valence-electron chi connectivity index (χ4n) is 4.23. The predicted molar refractivity (Wildman–Crippen MR) is 152 cm³/mol. The largest absolute Gasteiger partial charge is 0.480 e. The van der Waals surface area contributed by atoms with E-state index in [1.807, 2.05) is 24.3 Å². The Labute approximate surface area is 236 Å². The molecular formula is C26H36N8O5S. The molecule has 13 nitrogen and oxygen atoms in total. The first-order valence-corrected chi connectivity index (χ1v) is 13.6. The van der Waals surface area contributed by atoms with Crippen LogP contribution in [0.4, 0.5) is 0 Å². The Morgan fingerprint density at radius 3 is 2.33 bits per heavy atom. The normalized spacial score (nSPS) is 14.2. The lowest BCUT2D eigenvalue weighted by Crippen LogP contribution is -2.58. The number of nitrogens with one attached hydrogen (secondary N) is 5. The highest BCUT2D eigenvalue weighted by Crippen LogP contribution is 2.19. The van der Waals surface area contributed by atoms with Crippen molar-refractivity contribution < 1.29 is 24.3 Å². The zero-order valence-corrected chi connectivity index (χ0v) is 22.8. The summed E-state index contributed by atoms with van der Waals surface area (Å²) in [6, 6.07) is 3.21. The SMILES string of the molecule is NCCCCC(NC(=O)C(Cc1c[nH]c2ccccc12)NC(=O)C(N)Cc1cnc[nH]1)C(=O)NC(CS)C(=O)O. The van der Waals surface area contributed by atoms with Gasteiger partial charge in [-0.1, -0.05) is 18.2 Å². The minimum absolute atomic E-state index is 0.115. The molecule has 10 N–H and O–H groups in total. The minimum Gasteiger partial charge on any atom is -0.480 e. The van der Waals surface area contributed by atoms with Crippen LogP contribution in [0.5, 0.6) is 0 Å². The molecule has 0 radical (unpaired) electrons. The van der Waals surface area contributed by atoms with Crippen LogP contribution < -0.4 is 27.4 Å². The average Bonchev–Trinajstić information content (AvgIpc) is 3.60. The number of hydrogen-bond donors (Lipinski definition) is 9. The molecule has 3 amide bonds. The number of thiol groups is 1. The highest BCUT2D eigenvalue weighted by atomic mass is 32.1. The molecule has 0 fully saturated rings. The maximum Gasteiger partial charge on any atom is 0.327 e. The van der Waals surface area contributed by atoms with E-state index < -0.39 is 47.9 Å². The van der Waals surface area contributed by atoms with Crippen molar-refractivity contribution in [2.75, 3.05) is 12.3 Å². The van der Waals surface area contributed by atoms with Crippen LogP contribution in [0.25, 0.3) is 10.9 Å². The van der Waals surface area contributed by atoms with E-state index in [1.54, 1.807) is 12.4 Å². The molecule has 0 bridgehead atoms. The van der Waals surface area contributed by atoms with Gasteiger partial charge in [-0.2, -0.15) is 12.6 Å². The number of aromatic amines is 2. The van der Waals surface area contributed by atoms with Gasteiger partial charge in [-0.3, -0.25) is 14.4 Å². The number of carboxylic acids is 1. The van der Waals surface area contributed by atoms with Gasteiger partial charge in [-0.25, -0.2) is 9.78 Å². The van der Waals surface area contributed by atoms with Crippen LogP contribution in [0, 0.1) is 0 Å². The zero-order valence-electron chi connectivity index (χ0n) is 21.9. The van der Waals surface area contributed by atoms with Gasteiger partial charge in [0.05, 0.1) is 12.4 Å². The van der Waals surface area contributed by atoms with Gasteiger partial charge in [0.1, 0.15) is 18.1 Å². The lowest BCUT2D eigenvalue weighted by Gasteiger charge is -2.25. The van der Waals surface area contributed by atoms with E-state index in [0.717, 1.165) is 16.5 Å². The standard InChI is InChI=1S/C26H36N8O5S/c27-8-4-3-7-20(24(36)34-22(13-40)26(38)39)32-25(37)21(9-15-11-30-19-6-2-1-5-17(15)19)33-23(35)18(28)10-16-12-29-14-31-16/h1-2,5-6,11-12,14,18,20-22,30,40H,3-4,7-10,13,27-28H2,(H,29,31)(H,32,37)(H,33,35)(H,34,36)(H,38,39). The van der Waals surface area contributed by atoms with Gasteiger partial charge in [0.2, 0.25) is 17.7 Å². The zero-order chi connectivity index (χ0) is 29.1. The van der Waals surface area contributed by atoms with Crippen molar-refractivity contribution in [2.24, 2.45) is 11.5 Å². The first kappa shape index (κ1) is 30.7. The Morgan fingerprint density at radius 2 is 1.65 bits per heavy atom. The van der Waals surface area contributed by atoms with Crippen LogP contribution in [0.3, 0.4) is 0 Å². The topological polar surface area (TPSA) is 221 Å². The van der Waals surface area contributed by atoms with E-state index in [9.17, 15) is 24.3 Å². The lowest BCUT2D eigenvalue weighted by atomic mass is 10.0. The summed E-state index contributed by atoms with van der Waals surface area (Å²) >= 11 is 3.99. The molecule has 0 aliphatic carbocycles. The van der Waals surface area contributed by atoms with Gasteiger partial charge < -0.3 is 42.5 Å². The van der Waals surface area contributed by atoms with E-state index in [0.29, 0.717) is 25.1 Å². The summed E-state index contributed by atoms with van der Waals surface area (Å²) in [5.74, 6) is -3.21. The summed E-state index contributed by atoms with van der Waals surface area (Å²) in [4.78, 5) is 61.0. The molecule has 2 aromatic heterocycles. The van der Waals surface area contributed by atoms with Gasteiger partial charge in [-0.15, -0.1) is 0 Å². The molecular weight excluding hydrogens is 536 g/mol. The van der Waals surface area contributed by atoms with Gasteiger partial charge in [0.15, 0.2) is 0 Å². The van der Waals surface area contributed by atoms with Crippen molar-refractivity contribution >= 4 is 47.2 Å². The van der Waals surface area contributed by atoms with Crippen molar-refractivity contribution in [3.05, 3.63) is 54.2 Å². The molecule has 3 rings (SSSR count). The fourth-order valence-corrected chi connectivity index (χ4v) is 4.47. The second-order valence-electron chi connectivity index (χ2n) is 9.44. The number of amides is 3. The number of H-pyrrole nitrogens is 2. The fraction of sp³-hybridized carbons (Fsp3) is 0.423. The third-order valence-corrected chi connectivity index (χ3v) is 6.81. The van der Waals surface area contributed by atoms with E-state index in [2.05, 4.69) is 43.5 Å². The van der Waals surface area contributed by atoms with Gasteiger partial charge in [-0.05, 0) is 37.4 Å². The number of aliphatic carboxylic acids is 1. The number of benzene rings is 1. The van der Waals surface area contributed by atoms with E-state index >= 15 is 0 Å². The number of fused-ring (bicyclic) bond motifs is 1. The van der Waals surface area contributed by atoms with Crippen LogP contribution in [0.1, 0.15) is 30.5 Å². The van der Waals surface area contributed by atoms with Crippen molar-refractivity contribution in [3.63, 3.8) is 0 Å². The number of carbonyl (C=O) groups is 4. The number of unbranched alkanes of at least 4 members (excludes halogenated alkanes) is 1. The van der Waals surface area contributed by atoms with E-state index in [1.165, 1.54) is 6.33 Å². The summed E-state index contributed by atoms with van der Waals surface area (Å²) in [6.45, 7) is 0.393. The summed E-state index contributed by atoms with van der Waals surface area (Å²) in [6.07, 6.45) is 6.43. The molecule has 0 saturated carbocycles. The number of hydrogen-bond acceptors (Lipinski definition) is 8. The van der Waals surface area contributed by atoms with Crippen LogP contribution in [-0.2, 0) is 32.0 Å². The molecule has 0 aliphatic heterocycles. The van der Waals surface area contributed by atoms with Crippen LogP contribution >= 0.6 is 12.6 Å². The predicted octanol–water partition coefficient (Wildman–Crippen LogP) is -0.399. The Morgan fingerprint density at radius 1 is 0.950 bits per heavy atom. The molecule has 0 spiro atoms. The van der Waals surface area contributed by atoms with Crippen molar-refractivity contribution in [2.45, 2.75) is 56.3 Å². The molecule has 4 unspecified atom stereocenters. The lowest BCUT2D eigenvalue weighted by molar-refractivity contribution is -0.141. The van der Waals surface area contributed by atoms with Crippen LogP contribution in [0.15, 0.2) is 43.0 Å². The Balaban J connectivity index is 1.81. The Kier molecular flexibility index (Phi) is 11.5. The number of carboxylic acid groups (broad SMARTS) is 1. The molecule has 0 saturated heterocycles. The highest BCUT2D eigenvalue weighted by Gasteiger charge is 2.30. The van der Waals surface area contributed by atoms with Crippen molar-refractivity contribution in [1.82, 2.24) is 30.9 Å². The number of nitrogens with two attached hydrogens (primary N) is 2. The quantitative estimate of drug-likeness (QED) is 0.0810. The minimum atomic E-state index is -1.24. The number of nitrogens with zero attached hydrogens (tertiary/aromatic N) is 1. The summed E-state index contributed by atoms with van der Waals surface area (Å²) < 4.78 is 0. The molecule has 1 aromatic carbocycles. The van der Waals surface area contributed by atoms with Gasteiger partial charge in [0, 0.05) is 47.6 Å². The average molecular weight is 573 g/mol. The number of aromatic nitrogens is 3. The molecule has 40 heavy (non-hydrogen) atoms. The highest BCUT2D eigenvalue weighted by molar-refractivity contribution is 7.80. The summed E-state index contributed by atoms with van der Waals surface area (Å²) in [7, 11) is 0. The van der Waals surface area contributed by atoms with E-state index in [4.69, 9.17) is 11.5 Å². The third kappa shape index (κ3) is 8.56. The molecule has 4 atom stereocenters. The van der Waals surface area contributed by atoms with Gasteiger partial charge in [0.25, 0.3) is 0 Å². The first-order chi connectivity index (χ1) is 19.2. The van der Waals surface area contributed by atoms with Crippen molar-refractivity contribution in [3.8, 4) is 0 Å². The second kappa shape index (κ2) is 15.1. The number of carbonyl (C=O) groups excluding carboxylic acids is 3. The number of para-hydroxylation sites is 1. The van der Waals surface area contributed by atoms with E-state index in [-0.39, 0.29) is 25.0 Å². The third-order valence-electron chi connectivity index (χ3n) is 6.44. The summed E-state index contributed by atoms with van der Waals surface area (Å²) in [5.41, 5.74) is 14.0. The van der Waals surface area contributed by atoms with Gasteiger partial charge >= 0.3 is 5.97 Å².